The second-order valence-corrected chi connectivity index (χ2v) is 37.9. The van der Waals surface area contributed by atoms with Crippen LogP contribution >= 0.6 is 81.2 Å². The number of carboxylic acids is 1. The molecule has 0 bridgehead atoms. The van der Waals surface area contributed by atoms with Gasteiger partial charge < -0.3 is 30.4 Å². The summed E-state index contributed by atoms with van der Waals surface area (Å²) in [7, 11) is 0. The van der Waals surface area contributed by atoms with Gasteiger partial charge in [-0.05, 0) is 276 Å². The number of aromatic amines is 1. The molecule has 4 aliphatic heterocycles. The minimum absolute atomic E-state index is 0.0960. The third-order valence-corrected chi connectivity index (χ3v) is 26.0. The highest BCUT2D eigenvalue weighted by atomic mass is 35.5. The quantitative estimate of drug-likeness (QED) is 0.0657. The Kier molecular flexibility index (Phi) is 30.7. The second kappa shape index (κ2) is 39.3. The van der Waals surface area contributed by atoms with E-state index < -0.39 is 28.2 Å². The number of amides is 4. The number of nitrogens with one attached hydrogen (secondary N) is 2. The number of halogens is 7. The first kappa shape index (κ1) is 93.7. The van der Waals surface area contributed by atoms with Gasteiger partial charge in [-0.25, -0.2) is 9.79 Å². The zero-order valence-corrected chi connectivity index (χ0v) is 76.1. The summed E-state index contributed by atoms with van der Waals surface area (Å²) in [5, 5.41) is 34.2. The van der Waals surface area contributed by atoms with Gasteiger partial charge in [0.05, 0.1) is 23.7 Å². The maximum atomic E-state index is 14.1. The normalized spacial score (nSPS) is 22.2. The van der Waals surface area contributed by atoms with Crippen molar-refractivity contribution >= 4 is 145 Å². The van der Waals surface area contributed by atoms with Crippen LogP contribution < -0.4 is 11.1 Å². The summed E-state index contributed by atoms with van der Waals surface area (Å²) >= 11 is 43.2. The molecule has 3 aliphatic carbocycles. The third kappa shape index (κ3) is 22.3. The number of nitrogens with zero attached hydrogens (tertiary/aromatic N) is 13. The topological polar surface area (TPSA) is 302 Å². The average Bonchev–Trinajstić information content (AvgIpc) is 1.58. The zero-order chi connectivity index (χ0) is 87.7. The number of hydrogen-bond acceptors (Lipinski definition) is 17. The minimum Gasteiger partial charge on any atom is -0.478 e. The number of aliphatic imine (C=N–C) groups is 4. The van der Waals surface area contributed by atoms with Crippen LogP contribution in [0.4, 0.5) is 5.95 Å². The monoisotopic (exact) mass is 1770 g/mol. The van der Waals surface area contributed by atoms with E-state index in [9.17, 15) is 33.9 Å². The number of rotatable bonds is 16. The molecular formula is C90H109Cl7N16O7. The van der Waals surface area contributed by atoms with Crippen molar-refractivity contribution in [2.24, 2.45) is 69.9 Å². The zero-order valence-electron chi connectivity index (χ0n) is 70.8. The molecule has 3 saturated carbocycles. The van der Waals surface area contributed by atoms with Gasteiger partial charge in [0.1, 0.15) is 34.1 Å². The molecule has 1 aromatic heterocycles. The van der Waals surface area contributed by atoms with Crippen LogP contribution in [0.5, 0.6) is 0 Å². The Morgan fingerprint density at radius 3 is 1.02 bits per heavy atom. The van der Waals surface area contributed by atoms with Crippen molar-refractivity contribution in [1.29, 1.82) is 0 Å². The lowest BCUT2D eigenvalue weighted by molar-refractivity contribution is -0.133. The number of benzene rings is 6. The fraction of sp³-hybridized carbons (Fsp3) is 0.478. The van der Waals surface area contributed by atoms with Gasteiger partial charge in [-0.3, -0.25) is 44.3 Å². The van der Waals surface area contributed by atoms with Gasteiger partial charge in [-0.2, -0.15) is 10.3 Å². The first-order valence-corrected chi connectivity index (χ1v) is 43.6. The predicted molar refractivity (Wildman–Crippen MR) is 481 cm³/mol. The lowest BCUT2D eigenvalue weighted by Crippen LogP contribution is -2.50. The van der Waals surface area contributed by atoms with Gasteiger partial charge in [-0.15, -0.1) is 10.2 Å². The maximum absolute atomic E-state index is 14.1. The molecule has 5 N–H and O–H groups in total. The third-order valence-electron chi connectivity index (χ3n) is 24.5. The van der Waals surface area contributed by atoms with Crippen LogP contribution in [0.15, 0.2) is 158 Å². The molecule has 0 radical (unpaired) electrons. The molecule has 3 fully saturated rings. The number of carbonyl (C=O) groups excluding carboxylic acids is 5. The van der Waals surface area contributed by atoms with Crippen LogP contribution in [-0.2, 0) is 14.4 Å². The van der Waals surface area contributed by atoms with Crippen molar-refractivity contribution in [2.45, 2.75) is 216 Å². The van der Waals surface area contributed by atoms with E-state index in [0.29, 0.717) is 99.5 Å². The fourth-order valence-corrected chi connectivity index (χ4v) is 19.1. The van der Waals surface area contributed by atoms with E-state index in [2.05, 4.69) is 129 Å². The van der Waals surface area contributed by atoms with Gasteiger partial charge in [0.2, 0.25) is 5.96 Å². The number of azo groups is 1. The maximum Gasteiger partial charge on any atom is 0.335 e. The molecule has 120 heavy (non-hydrogen) atoms. The number of H-pyrrole nitrogens is 1. The molecule has 3 atom stereocenters. The SMILES string of the molecule is CCN(CC)CC.C[C@H](c1ccc(C(=O)Cl)cc1)N1C(=O)C(c2cc(Cl)cc(Cl)c2)=NC12CCC(C(C)(C)C)CC2.C[C@H](c1ccc(C(=O)Nc2nn[nH]n2)cc1)N1C(=O)C(c2cc(Cl)cc(Cl)c2)=NC12CCC(C(C)(C)C)CC2.C[C@H](c1ccc(C(=O)O)cc1)N1C(=O)C(c2cc(Cl)cc(Cl)c2)=NC12CCC(C(C)(C)C)CC2.NC1=NCN=N1. The van der Waals surface area contributed by atoms with Crippen molar-refractivity contribution in [2.75, 3.05) is 31.6 Å². The van der Waals surface area contributed by atoms with Crippen LogP contribution in [0.3, 0.4) is 0 Å². The highest BCUT2D eigenvalue weighted by Gasteiger charge is 2.55. The van der Waals surface area contributed by atoms with Gasteiger partial charge >= 0.3 is 5.97 Å². The molecule has 640 valence electrons. The van der Waals surface area contributed by atoms with Crippen molar-refractivity contribution in [3.63, 3.8) is 0 Å². The lowest BCUT2D eigenvalue weighted by Gasteiger charge is -2.46. The average molecular weight is 1780 g/mol. The number of carboxylic acid groups (broad SMARTS) is 1. The number of hydrogen-bond donors (Lipinski definition) is 4. The summed E-state index contributed by atoms with van der Waals surface area (Å²) in [4.78, 5) is 104. The standard InChI is InChI=1S/C28H31Cl2N7O2.C27H29Cl3N2O2.C27H30Cl2N2O3.C6H15N.C2H4N4/c1-16(17-5-7-18(8-6-17)24(38)31-26-33-35-36-34-26)37-25(39)23(19-13-21(29)15-22(30)14-19)32-28(37)11-9-20(10-12-28)27(2,3)4;1-16(17-5-7-18(8-6-17)24(30)33)32-25(34)23(19-13-21(28)15-22(29)14-19)31-27(32)11-9-20(10-12-27)26(2,3)4;1-16(17-5-7-18(8-6-17)25(33)34)31-24(32)23(19-13-21(28)15-22(29)14-19)30-27(31)11-9-20(10-12-27)26(2,3)4;1-4-7(5-2)6-3;3-2-4-1-5-6-2/h5-8,13-16,20H,9-12H2,1-4H3,(H2,31,33,34,35,36,38);5-8,13-16,20H,9-12H2,1-4H3;5-8,13-16,20H,9-12H2,1-4H3,(H,33,34);4-6H2,1-3H3;1H2,(H2,3,4)/t16-,20?,28?;2*16-,20?,27?;;/m111../s1. The Labute approximate surface area is 739 Å². The van der Waals surface area contributed by atoms with Gasteiger partial charge in [0, 0.05) is 58.0 Å². The molecule has 23 nitrogen and oxygen atoms in total. The molecule has 30 heteroatoms. The number of tetrazole rings is 1. The number of aromatic nitrogens is 4. The van der Waals surface area contributed by atoms with Crippen molar-refractivity contribution in [3.05, 3.63) is 208 Å². The van der Waals surface area contributed by atoms with Crippen LogP contribution in [0, 0.1) is 34.0 Å². The lowest BCUT2D eigenvalue weighted by atomic mass is 9.69. The molecule has 5 heterocycles. The van der Waals surface area contributed by atoms with Crippen molar-refractivity contribution < 1.29 is 33.9 Å². The van der Waals surface area contributed by atoms with Crippen molar-refractivity contribution in [1.82, 2.24) is 40.2 Å². The minimum atomic E-state index is -0.975. The van der Waals surface area contributed by atoms with Crippen LogP contribution in [-0.4, -0.2) is 147 Å². The highest BCUT2D eigenvalue weighted by molar-refractivity contribution is 6.67. The molecule has 14 rings (SSSR count). The molecule has 7 aliphatic rings. The van der Waals surface area contributed by atoms with Gasteiger partial charge in [0.15, 0.2) is 6.67 Å². The summed E-state index contributed by atoms with van der Waals surface area (Å²) < 4.78 is 0. The number of aromatic carboxylic acids is 1. The number of anilines is 1. The Morgan fingerprint density at radius 1 is 0.500 bits per heavy atom. The number of nitrogens with two attached hydrogens (primary N) is 1. The van der Waals surface area contributed by atoms with Gasteiger partial charge in [0.25, 0.3) is 34.8 Å². The van der Waals surface area contributed by atoms with E-state index in [4.69, 9.17) is 102 Å². The van der Waals surface area contributed by atoms with E-state index in [0.717, 1.165) is 93.7 Å². The molecule has 6 aromatic carbocycles. The molecule has 0 unspecified atom stereocenters. The summed E-state index contributed by atoms with van der Waals surface area (Å²) in [5.74, 6) is 0.305. The Bertz CT molecular complexity index is 4760. The first-order valence-electron chi connectivity index (χ1n) is 40.9. The van der Waals surface area contributed by atoms with Crippen LogP contribution in [0.2, 0.25) is 30.1 Å². The largest absolute Gasteiger partial charge is 0.478 e. The van der Waals surface area contributed by atoms with Gasteiger partial charge in [-0.1, -0.05) is 194 Å². The number of guanidine groups is 1. The smallest absolute Gasteiger partial charge is 0.335 e. The summed E-state index contributed by atoms with van der Waals surface area (Å²) in [6, 6.07) is 35.6. The Morgan fingerprint density at radius 2 is 0.800 bits per heavy atom. The second-order valence-electron chi connectivity index (χ2n) is 34.9. The van der Waals surface area contributed by atoms with E-state index in [1.807, 2.05) is 59.7 Å². The van der Waals surface area contributed by atoms with E-state index >= 15 is 0 Å². The Balaban J connectivity index is 0.000000176. The summed E-state index contributed by atoms with van der Waals surface area (Å²) in [6.45, 7) is 37.0. The molecule has 4 amide bonds. The predicted octanol–water partition coefficient (Wildman–Crippen LogP) is 21.9. The molecule has 0 saturated heterocycles. The summed E-state index contributed by atoms with van der Waals surface area (Å²) in [5.41, 5.74) is 10.5. The van der Waals surface area contributed by atoms with Crippen molar-refractivity contribution in [3.8, 4) is 0 Å². The van der Waals surface area contributed by atoms with E-state index in [-0.39, 0.29) is 75.5 Å². The fourth-order valence-electron chi connectivity index (χ4n) is 17.4. The van der Waals surface area contributed by atoms with E-state index in [1.54, 1.807) is 103 Å². The molecule has 3 spiro atoms. The van der Waals surface area contributed by atoms with Crippen LogP contribution in [0.25, 0.3) is 0 Å². The number of carbonyl (C=O) groups is 6. The Hall–Kier alpha value is -8.52. The summed E-state index contributed by atoms with van der Waals surface area (Å²) in [6.07, 6.45) is 10.6. The highest BCUT2D eigenvalue weighted by Crippen LogP contribution is 2.53. The molecule has 7 aromatic rings. The first-order chi connectivity index (χ1) is 56.5. The van der Waals surface area contributed by atoms with E-state index in [1.165, 1.54) is 19.6 Å². The van der Waals surface area contributed by atoms with Crippen LogP contribution in [0.1, 0.15) is 263 Å². The molecular weight excluding hydrogens is 1670 g/mol.